The maximum atomic E-state index is 12.9. The molecule has 8 heteroatoms. The maximum absolute atomic E-state index is 12.9. The van der Waals surface area contributed by atoms with E-state index in [0.717, 1.165) is 17.0 Å². The average molecular weight is 341 g/mol. The molecule has 0 spiro atoms. The molecular weight excluding hydrogens is 325 g/mol. The third-order valence-electron chi connectivity index (χ3n) is 3.68. The van der Waals surface area contributed by atoms with Gasteiger partial charge in [-0.3, -0.25) is 0 Å². The Labute approximate surface area is 132 Å². The van der Waals surface area contributed by atoms with Gasteiger partial charge in [0.1, 0.15) is 10.8 Å². The van der Waals surface area contributed by atoms with Crippen LogP contribution in [-0.2, 0) is 16.3 Å². The van der Waals surface area contributed by atoms with Gasteiger partial charge in [0.15, 0.2) is 9.84 Å². The van der Waals surface area contributed by atoms with Crippen molar-refractivity contribution < 1.29 is 12.8 Å². The van der Waals surface area contributed by atoms with E-state index < -0.39 is 9.84 Å². The van der Waals surface area contributed by atoms with Gasteiger partial charge >= 0.3 is 0 Å². The van der Waals surface area contributed by atoms with E-state index in [4.69, 9.17) is 0 Å². The molecule has 2 heterocycles. The predicted octanol–water partition coefficient (Wildman–Crippen LogP) is 2.26. The van der Waals surface area contributed by atoms with Crippen LogP contribution < -0.4 is 5.32 Å². The first kappa shape index (κ1) is 15.4. The van der Waals surface area contributed by atoms with Crippen molar-refractivity contribution in [2.24, 2.45) is 0 Å². The van der Waals surface area contributed by atoms with Gasteiger partial charge < -0.3 is 5.32 Å². The Morgan fingerprint density at radius 2 is 2.05 bits per heavy atom. The highest BCUT2D eigenvalue weighted by Crippen LogP contribution is 2.22. The number of nitrogens with zero attached hydrogens (tertiary/aromatic N) is 2. The molecule has 0 unspecified atom stereocenters. The summed E-state index contributed by atoms with van der Waals surface area (Å²) in [4.78, 5) is 0. The van der Waals surface area contributed by atoms with Crippen LogP contribution in [0.25, 0.3) is 0 Å². The van der Waals surface area contributed by atoms with Crippen molar-refractivity contribution in [3.8, 4) is 0 Å². The molecule has 1 N–H and O–H groups in total. The molecule has 1 aromatic carbocycles. The molecule has 118 valence electrons. The van der Waals surface area contributed by atoms with E-state index in [0.29, 0.717) is 24.5 Å². The first-order chi connectivity index (χ1) is 10.5. The van der Waals surface area contributed by atoms with E-state index in [9.17, 15) is 12.8 Å². The van der Waals surface area contributed by atoms with E-state index >= 15 is 0 Å². The summed E-state index contributed by atoms with van der Waals surface area (Å²) >= 11 is 1.39. The number of sulfone groups is 1. The summed E-state index contributed by atoms with van der Waals surface area (Å²) in [6.07, 6.45) is 2.03. The summed E-state index contributed by atoms with van der Waals surface area (Å²) in [5.74, 6) is 0.0202. The Balaban J connectivity index is 1.58. The van der Waals surface area contributed by atoms with E-state index in [2.05, 4.69) is 15.5 Å². The van der Waals surface area contributed by atoms with Gasteiger partial charge in [-0.2, -0.15) is 0 Å². The average Bonchev–Trinajstić information content (AvgIpc) is 3.05. The van der Waals surface area contributed by atoms with Gasteiger partial charge in [0.2, 0.25) is 5.13 Å². The highest BCUT2D eigenvalue weighted by atomic mass is 32.2. The zero-order chi connectivity index (χ0) is 15.6. The smallest absolute Gasteiger partial charge is 0.205 e. The van der Waals surface area contributed by atoms with Crippen LogP contribution in [0, 0.1) is 5.82 Å². The second kappa shape index (κ2) is 6.29. The largest absolute Gasteiger partial charge is 0.359 e. The standard InChI is InChI=1S/C14H16FN3O2S2/c15-11-5-3-10(4-6-11)8-13-17-18-14(21-13)16-9-12-2-1-7-22(12,19)20/h3-6,12H,1-2,7-9H2,(H,16,18)/t12-/m0/s1. The van der Waals surface area contributed by atoms with Gasteiger partial charge in [-0.05, 0) is 30.5 Å². The molecule has 5 nitrogen and oxygen atoms in total. The summed E-state index contributed by atoms with van der Waals surface area (Å²) in [7, 11) is -2.94. The Kier molecular flexibility index (Phi) is 4.39. The molecule has 1 fully saturated rings. The van der Waals surface area contributed by atoms with Crippen LogP contribution in [0.4, 0.5) is 9.52 Å². The molecule has 2 aromatic rings. The minimum absolute atomic E-state index is 0.263. The van der Waals surface area contributed by atoms with Crippen LogP contribution in [0.5, 0.6) is 0 Å². The molecule has 1 aliphatic heterocycles. The van der Waals surface area contributed by atoms with Crippen molar-refractivity contribution in [3.63, 3.8) is 0 Å². The van der Waals surface area contributed by atoms with Gasteiger partial charge in [-0.25, -0.2) is 12.8 Å². The van der Waals surface area contributed by atoms with Crippen LogP contribution >= 0.6 is 11.3 Å². The number of hydrogen-bond donors (Lipinski definition) is 1. The molecule has 0 amide bonds. The number of hydrogen-bond acceptors (Lipinski definition) is 6. The van der Waals surface area contributed by atoms with Crippen LogP contribution in [0.15, 0.2) is 24.3 Å². The fourth-order valence-electron chi connectivity index (χ4n) is 2.46. The summed E-state index contributed by atoms with van der Waals surface area (Å²) < 4.78 is 36.4. The Morgan fingerprint density at radius 3 is 2.73 bits per heavy atom. The Bertz CT molecular complexity index is 744. The number of halogens is 1. The van der Waals surface area contributed by atoms with E-state index in [1.54, 1.807) is 12.1 Å². The van der Waals surface area contributed by atoms with Crippen molar-refractivity contribution in [2.45, 2.75) is 24.5 Å². The van der Waals surface area contributed by atoms with E-state index in [1.807, 2.05) is 0 Å². The fraction of sp³-hybridized carbons (Fsp3) is 0.429. The third kappa shape index (κ3) is 3.61. The number of aromatic nitrogens is 2. The lowest BCUT2D eigenvalue weighted by molar-refractivity contribution is 0.591. The topological polar surface area (TPSA) is 72.0 Å². The summed E-state index contributed by atoms with van der Waals surface area (Å²) in [5.41, 5.74) is 0.961. The molecule has 0 radical (unpaired) electrons. The second-order valence-electron chi connectivity index (χ2n) is 5.32. The monoisotopic (exact) mass is 341 g/mol. The van der Waals surface area contributed by atoms with Gasteiger partial charge in [0, 0.05) is 13.0 Å². The van der Waals surface area contributed by atoms with Gasteiger partial charge in [-0.15, -0.1) is 10.2 Å². The van der Waals surface area contributed by atoms with Crippen LogP contribution in [0.2, 0.25) is 0 Å². The Hall–Kier alpha value is -1.54. The molecule has 1 aliphatic rings. The minimum atomic E-state index is -2.94. The van der Waals surface area contributed by atoms with Crippen molar-refractivity contribution in [1.29, 1.82) is 0 Å². The van der Waals surface area contributed by atoms with Crippen LogP contribution in [-0.4, -0.2) is 36.2 Å². The van der Waals surface area contributed by atoms with Crippen LogP contribution in [0.3, 0.4) is 0 Å². The molecule has 1 aromatic heterocycles. The molecule has 3 rings (SSSR count). The normalized spacial score (nSPS) is 20.1. The van der Waals surface area contributed by atoms with Crippen molar-refractivity contribution in [2.75, 3.05) is 17.6 Å². The molecular formula is C14H16FN3O2S2. The lowest BCUT2D eigenvalue weighted by atomic mass is 10.2. The van der Waals surface area contributed by atoms with Crippen LogP contribution in [0.1, 0.15) is 23.4 Å². The maximum Gasteiger partial charge on any atom is 0.205 e. The summed E-state index contributed by atoms with van der Waals surface area (Å²) in [6.45, 7) is 0.382. The zero-order valence-electron chi connectivity index (χ0n) is 11.8. The molecule has 0 bridgehead atoms. The second-order valence-corrected chi connectivity index (χ2v) is 8.78. The number of benzene rings is 1. The first-order valence-corrected chi connectivity index (χ1v) is 9.58. The quantitative estimate of drug-likeness (QED) is 0.903. The van der Waals surface area contributed by atoms with Crippen molar-refractivity contribution in [3.05, 3.63) is 40.7 Å². The lowest BCUT2D eigenvalue weighted by Crippen LogP contribution is -2.24. The fourth-order valence-corrected chi connectivity index (χ4v) is 5.01. The van der Waals surface area contributed by atoms with Gasteiger partial charge in [0.25, 0.3) is 0 Å². The number of nitrogens with one attached hydrogen (secondary N) is 1. The summed E-state index contributed by atoms with van der Waals surface area (Å²) in [6, 6.07) is 6.27. The van der Waals surface area contributed by atoms with E-state index in [-0.39, 0.29) is 16.8 Å². The molecule has 0 aliphatic carbocycles. The highest BCUT2D eigenvalue weighted by molar-refractivity contribution is 7.92. The molecule has 1 saturated heterocycles. The number of anilines is 1. The minimum Gasteiger partial charge on any atom is -0.359 e. The van der Waals surface area contributed by atoms with E-state index in [1.165, 1.54) is 23.5 Å². The van der Waals surface area contributed by atoms with Gasteiger partial charge in [-0.1, -0.05) is 23.5 Å². The van der Waals surface area contributed by atoms with Gasteiger partial charge in [0.05, 0.1) is 11.0 Å². The SMILES string of the molecule is O=S1(=O)CCC[C@H]1CNc1nnc(Cc2ccc(F)cc2)s1. The third-order valence-corrected chi connectivity index (χ3v) is 6.84. The molecule has 0 saturated carbocycles. The predicted molar refractivity (Wildman–Crippen MR) is 84.4 cm³/mol. The first-order valence-electron chi connectivity index (χ1n) is 7.05. The lowest BCUT2D eigenvalue weighted by Gasteiger charge is -2.08. The van der Waals surface area contributed by atoms with Crippen molar-refractivity contribution >= 4 is 26.3 Å². The Morgan fingerprint density at radius 1 is 1.27 bits per heavy atom. The summed E-state index contributed by atoms with van der Waals surface area (Å²) in [5, 5.41) is 12.3. The van der Waals surface area contributed by atoms with Crippen molar-refractivity contribution in [1.82, 2.24) is 10.2 Å². The molecule has 22 heavy (non-hydrogen) atoms. The molecule has 1 atom stereocenters. The highest BCUT2D eigenvalue weighted by Gasteiger charge is 2.31. The number of rotatable bonds is 5. The zero-order valence-corrected chi connectivity index (χ0v) is 13.5.